The maximum Gasteiger partial charge on any atom is 0.234 e. The van der Waals surface area contributed by atoms with Gasteiger partial charge in [0.2, 0.25) is 17.7 Å². The van der Waals surface area contributed by atoms with Crippen LogP contribution in [-0.4, -0.2) is 27.7 Å². The van der Waals surface area contributed by atoms with Gasteiger partial charge in [0.05, 0.1) is 10.9 Å². The van der Waals surface area contributed by atoms with Crippen molar-refractivity contribution in [3.05, 3.63) is 56.5 Å². The van der Waals surface area contributed by atoms with Crippen LogP contribution in [0.3, 0.4) is 0 Å². The zero-order chi connectivity index (χ0) is 22.1. The molecule has 1 saturated heterocycles. The van der Waals surface area contributed by atoms with Gasteiger partial charge < -0.3 is 5.32 Å². The maximum absolute atomic E-state index is 12.7. The van der Waals surface area contributed by atoms with Gasteiger partial charge in [-0.15, -0.1) is 0 Å². The molecule has 0 spiro atoms. The normalized spacial score (nSPS) is 16.9. The van der Waals surface area contributed by atoms with Gasteiger partial charge in [-0.1, -0.05) is 34.8 Å². The van der Waals surface area contributed by atoms with E-state index in [9.17, 15) is 14.4 Å². The molecule has 2 N–H and O–H groups in total. The van der Waals surface area contributed by atoms with E-state index in [1.165, 1.54) is 12.4 Å². The second kappa shape index (κ2) is 8.88. The van der Waals surface area contributed by atoms with Crippen LogP contribution in [-0.2, 0) is 26.3 Å². The Kier molecular flexibility index (Phi) is 6.65. The van der Waals surface area contributed by atoms with Crippen LogP contribution < -0.4 is 10.6 Å². The van der Waals surface area contributed by atoms with E-state index in [-0.39, 0.29) is 24.8 Å². The Morgan fingerprint density at radius 2 is 1.77 bits per heavy atom. The second-order valence-electron chi connectivity index (χ2n) is 7.51. The molecule has 7 nitrogen and oxygen atoms in total. The molecule has 1 aliphatic heterocycles. The lowest BCUT2D eigenvalue weighted by atomic mass is 9.89. The highest BCUT2D eigenvalue weighted by Crippen LogP contribution is 2.37. The summed E-state index contributed by atoms with van der Waals surface area (Å²) in [5.74, 6) is -1.26. The molecule has 10 heteroatoms. The number of benzene rings is 1. The zero-order valence-corrected chi connectivity index (χ0v) is 18.5. The Morgan fingerprint density at radius 1 is 1.17 bits per heavy atom. The average molecular weight is 470 g/mol. The fourth-order valence-corrected chi connectivity index (χ4v) is 4.07. The summed E-state index contributed by atoms with van der Waals surface area (Å²) in [7, 11) is 0. The third kappa shape index (κ3) is 4.74. The summed E-state index contributed by atoms with van der Waals surface area (Å²) in [5, 5.41) is 6.13. The fourth-order valence-electron chi connectivity index (χ4n) is 3.18. The molecule has 1 unspecified atom stereocenters. The Bertz CT molecular complexity index is 986. The summed E-state index contributed by atoms with van der Waals surface area (Å²) in [6, 6.07) is 3.30. The number of nitrogens with one attached hydrogen (secondary N) is 2. The molecule has 30 heavy (non-hydrogen) atoms. The van der Waals surface area contributed by atoms with Crippen molar-refractivity contribution in [2.45, 2.75) is 44.6 Å². The lowest BCUT2D eigenvalue weighted by Crippen LogP contribution is -2.41. The molecule has 0 aliphatic carbocycles. The number of imide groups is 1. The van der Waals surface area contributed by atoms with E-state index in [0.29, 0.717) is 38.4 Å². The van der Waals surface area contributed by atoms with E-state index >= 15 is 0 Å². The third-order valence-corrected chi connectivity index (χ3v) is 5.75. The van der Waals surface area contributed by atoms with Crippen LogP contribution in [0.25, 0.3) is 0 Å². The molecule has 3 rings (SSSR count). The van der Waals surface area contributed by atoms with Crippen LogP contribution in [0.15, 0.2) is 24.5 Å². The highest BCUT2D eigenvalue weighted by Gasteiger charge is 2.33. The van der Waals surface area contributed by atoms with Gasteiger partial charge in [0.25, 0.3) is 0 Å². The van der Waals surface area contributed by atoms with Crippen LogP contribution in [0.4, 0.5) is 0 Å². The average Bonchev–Trinajstić information content (AvgIpc) is 2.67. The van der Waals surface area contributed by atoms with Crippen molar-refractivity contribution in [2.24, 2.45) is 0 Å². The molecule has 1 aromatic heterocycles. The van der Waals surface area contributed by atoms with Gasteiger partial charge in [-0.2, -0.15) is 0 Å². The van der Waals surface area contributed by atoms with Crippen molar-refractivity contribution in [3.63, 3.8) is 0 Å². The summed E-state index contributed by atoms with van der Waals surface area (Å²) >= 11 is 18.6. The lowest BCUT2D eigenvalue weighted by molar-refractivity contribution is -0.134. The second-order valence-corrected chi connectivity index (χ2v) is 8.76. The first-order chi connectivity index (χ1) is 14.1. The van der Waals surface area contributed by atoms with E-state index in [0.717, 1.165) is 0 Å². The Morgan fingerprint density at radius 3 is 2.33 bits per heavy atom. The summed E-state index contributed by atoms with van der Waals surface area (Å²) in [5.41, 5.74) is 0.167. The maximum atomic E-state index is 12.7. The van der Waals surface area contributed by atoms with Crippen molar-refractivity contribution in [3.8, 4) is 0 Å². The Hall–Kier alpha value is -2.22. The minimum atomic E-state index is -0.981. The number of hydrogen-bond donors (Lipinski definition) is 2. The van der Waals surface area contributed by atoms with E-state index in [1.54, 1.807) is 26.0 Å². The molecule has 2 heterocycles. The predicted molar refractivity (Wildman–Crippen MR) is 114 cm³/mol. The molecule has 1 aromatic carbocycles. The van der Waals surface area contributed by atoms with E-state index in [1.807, 2.05) is 0 Å². The third-order valence-electron chi connectivity index (χ3n) is 4.93. The molecule has 1 atom stereocenters. The van der Waals surface area contributed by atoms with Crippen LogP contribution in [0.5, 0.6) is 0 Å². The van der Waals surface area contributed by atoms with Crippen molar-refractivity contribution >= 4 is 52.5 Å². The number of piperidine rings is 1. The molecule has 0 radical (unpaired) electrons. The number of halogens is 3. The van der Waals surface area contributed by atoms with Gasteiger partial charge in [-0.25, -0.2) is 9.97 Å². The van der Waals surface area contributed by atoms with Gasteiger partial charge in [0.15, 0.2) is 0 Å². The fraction of sp³-hybridized carbons (Fsp3) is 0.350. The van der Waals surface area contributed by atoms with E-state index in [4.69, 9.17) is 34.8 Å². The lowest BCUT2D eigenvalue weighted by Gasteiger charge is -2.24. The van der Waals surface area contributed by atoms with Crippen molar-refractivity contribution in [2.75, 3.05) is 0 Å². The molecule has 3 amide bonds. The number of hydrogen-bond acceptors (Lipinski definition) is 5. The summed E-state index contributed by atoms with van der Waals surface area (Å²) in [6.07, 6.45) is 3.44. The highest BCUT2D eigenvalue weighted by molar-refractivity contribution is 6.36. The van der Waals surface area contributed by atoms with Crippen LogP contribution >= 0.6 is 34.8 Å². The highest BCUT2D eigenvalue weighted by atomic mass is 35.5. The van der Waals surface area contributed by atoms with Crippen LogP contribution in [0.2, 0.25) is 15.1 Å². The van der Waals surface area contributed by atoms with Crippen LogP contribution in [0, 0.1) is 0 Å². The summed E-state index contributed by atoms with van der Waals surface area (Å²) in [6.45, 7) is 3.58. The largest absolute Gasteiger partial charge is 0.351 e. The first-order valence-electron chi connectivity index (χ1n) is 9.17. The van der Waals surface area contributed by atoms with E-state index in [2.05, 4.69) is 20.6 Å². The first-order valence-corrected chi connectivity index (χ1v) is 10.3. The Labute approximate surface area is 188 Å². The minimum absolute atomic E-state index is 0.172. The summed E-state index contributed by atoms with van der Waals surface area (Å²) < 4.78 is 0. The predicted octanol–water partition coefficient (Wildman–Crippen LogP) is 3.55. The van der Waals surface area contributed by atoms with Crippen molar-refractivity contribution in [1.82, 2.24) is 20.6 Å². The van der Waals surface area contributed by atoms with Gasteiger partial charge in [-0.3, -0.25) is 19.7 Å². The number of nitrogens with zero attached hydrogens (tertiary/aromatic N) is 2. The molecule has 1 fully saturated rings. The van der Waals surface area contributed by atoms with Gasteiger partial charge in [0, 0.05) is 41.0 Å². The minimum Gasteiger partial charge on any atom is -0.351 e. The molecular weight excluding hydrogens is 451 g/mol. The Balaban J connectivity index is 1.73. The molecule has 0 saturated carbocycles. The molecule has 2 aromatic rings. The zero-order valence-electron chi connectivity index (χ0n) is 16.3. The molecular formula is C20H19Cl3N4O3. The topological polar surface area (TPSA) is 101 Å². The molecule has 1 aliphatic rings. The number of aromatic nitrogens is 2. The summed E-state index contributed by atoms with van der Waals surface area (Å²) in [4.78, 5) is 44.5. The number of rotatable bonds is 5. The standard InChI is InChI=1S/C20H19Cl3N4O3/c1-20(2,18-24-8-11(21)9-25-18)19(30)26-7-10-5-13(22)16(14(23)6-10)12-3-4-15(28)27-17(12)29/h5-6,8-9,12H,3-4,7H2,1-2H3,(H,26,30)(H,27,28,29). The first kappa shape index (κ1) is 22.5. The molecule has 0 bridgehead atoms. The van der Waals surface area contributed by atoms with Crippen molar-refractivity contribution < 1.29 is 14.4 Å². The number of carbonyl (C=O) groups is 3. The monoisotopic (exact) mass is 468 g/mol. The van der Waals surface area contributed by atoms with Gasteiger partial charge in [0.1, 0.15) is 11.2 Å². The van der Waals surface area contributed by atoms with Crippen LogP contribution in [0.1, 0.15) is 49.6 Å². The van der Waals surface area contributed by atoms with E-state index < -0.39 is 17.2 Å². The number of carbonyl (C=O) groups excluding carboxylic acids is 3. The van der Waals surface area contributed by atoms with Crippen molar-refractivity contribution in [1.29, 1.82) is 0 Å². The number of amides is 3. The van der Waals surface area contributed by atoms with Gasteiger partial charge in [-0.05, 0) is 38.0 Å². The SMILES string of the molecule is CC(C)(C(=O)NCc1cc(Cl)c(C2CCC(=O)NC2=O)c(Cl)c1)c1ncc(Cl)cn1. The van der Waals surface area contributed by atoms with Gasteiger partial charge >= 0.3 is 0 Å². The molecule has 158 valence electrons. The smallest absolute Gasteiger partial charge is 0.234 e. The quantitative estimate of drug-likeness (QED) is 0.652.